The first-order valence-electron chi connectivity index (χ1n) is 10.6. The van der Waals surface area contributed by atoms with Crippen LogP contribution in [0.5, 0.6) is 0 Å². The number of piperidine rings is 1. The van der Waals surface area contributed by atoms with Crippen LogP contribution in [0, 0.1) is 24.2 Å². The minimum absolute atomic E-state index is 0. The second-order valence-corrected chi connectivity index (χ2v) is 10.0. The standard InChI is InChI=1S/C23H32N2O.ClH/c1-16-4-6-19(7-5-16)22-10-17-9-18(11-22)13-23(12-17,15-22)21(26)25-8-2-3-20(24)14-25;/h4-7,17-18,20H,2-3,8-15,24H2,1H3;1H. The molecule has 5 fully saturated rings. The third-order valence-electron chi connectivity index (χ3n) is 7.92. The highest BCUT2D eigenvalue weighted by molar-refractivity contribution is 5.85. The Morgan fingerprint density at radius 1 is 1.11 bits per heavy atom. The zero-order chi connectivity index (χ0) is 17.9. The molecule has 1 amide bonds. The van der Waals surface area contributed by atoms with Gasteiger partial charge in [-0.15, -0.1) is 12.4 Å². The molecule has 6 rings (SSSR count). The second-order valence-electron chi connectivity index (χ2n) is 10.0. The van der Waals surface area contributed by atoms with Gasteiger partial charge in [-0.05, 0) is 81.1 Å². The van der Waals surface area contributed by atoms with Gasteiger partial charge in [-0.1, -0.05) is 29.8 Å². The van der Waals surface area contributed by atoms with E-state index in [-0.39, 0.29) is 29.3 Å². The molecule has 1 aromatic carbocycles. The van der Waals surface area contributed by atoms with E-state index < -0.39 is 0 Å². The Balaban J connectivity index is 0.00000180. The molecule has 1 aromatic rings. The molecule has 0 aromatic heterocycles. The molecule has 4 bridgehead atoms. The Kier molecular flexibility index (Phi) is 4.83. The van der Waals surface area contributed by atoms with E-state index in [2.05, 4.69) is 36.1 Å². The van der Waals surface area contributed by atoms with Crippen molar-refractivity contribution in [2.45, 2.75) is 69.7 Å². The van der Waals surface area contributed by atoms with E-state index in [1.165, 1.54) is 30.4 Å². The number of carbonyl (C=O) groups is 1. The van der Waals surface area contributed by atoms with E-state index in [1.54, 1.807) is 0 Å². The van der Waals surface area contributed by atoms with Crippen molar-refractivity contribution < 1.29 is 4.79 Å². The third-order valence-corrected chi connectivity index (χ3v) is 7.92. The lowest BCUT2D eigenvalue weighted by Crippen LogP contribution is -2.61. The van der Waals surface area contributed by atoms with E-state index in [0.29, 0.717) is 5.91 Å². The maximum Gasteiger partial charge on any atom is 0.228 e. The summed E-state index contributed by atoms with van der Waals surface area (Å²) in [6.07, 6.45) is 9.39. The molecule has 1 saturated heterocycles. The van der Waals surface area contributed by atoms with Gasteiger partial charge in [0.15, 0.2) is 0 Å². The molecule has 4 saturated carbocycles. The first-order valence-corrected chi connectivity index (χ1v) is 10.6. The van der Waals surface area contributed by atoms with Crippen LogP contribution in [0.1, 0.15) is 62.5 Å². The highest BCUT2D eigenvalue weighted by Crippen LogP contribution is 2.66. The zero-order valence-electron chi connectivity index (χ0n) is 16.5. The fourth-order valence-corrected chi connectivity index (χ4v) is 7.29. The molecule has 5 aliphatic rings. The van der Waals surface area contributed by atoms with Crippen LogP contribution in [-0.2, 0) is 10.2 Å². The lowest BCUT2D eigenvalue weighted by molar-refractivity contribution is -0.161. The highest BCUT2D eigenvalue weighted by atomic mass is 35.5. The van der Waals surface area contributed by atoms with E-state index in [0.717, 1.165) is 57.0 Å². The van der Waals surface area contributed by atoms with Crippen molar-refractivity contribution in [1.29, 1.82) is 0 Å². The van der Waals surface area contributed by atoms with Gasteiger partial charge in [0.2, 0.25) is 5.91 Å². The molecular formula is C23H33ClN2O. The topological polar surface area (TPSA) is 46.3 Å². The Morgan fingerprint density at radius 3 is 2.41 bits per heavy atom. The Morgan fingerprint density at radius 2 is 1.78 bits per heavy atom. The van der Waals surface area contributed by atoms with Gasteiger partial charge in [0, 0.05) is 19.1 Å². The number of aryl methyl sites for hydroxylation is 1. The number of amides is 1. The second kappa shape index (κ2) is 6.77. The molecule has 2 N–H and O–H groups in total. The van der Waals surface area contributed by atoms with Gasteiger partial charge in [0.05, 0.1) is 5.41 Å². The number of nitrogens with two attached hydrogens (primary N) is 1. The number of likely N-dealkylation sites (tertiary alicyclic amines) is 1. The van der Waals surface area contributed by atoms with Crippen molar-refractivity contribution in [1.82, 2.24) is 4.90 Å². The average Bonchev–Trinajstić information content (AvgIpc) is 2.60. The molecule has 4 heteroatoms. The first kappa shape index (κ1) is 19.3. The van der Waals surface area contributed by atoms with E-state index >= 15 is 0 Å². The summed E-state index contributed by atoms with van der Waals surface area (Å²) in [6, 6.07) is 9.38. The monoisotopic (exact) mass is 388 g/mol. The minimum Gasteiger partial charge on any atom is -0.341 e. The van der Waals surface area contributed by atoms with Gasteiger partial charge < -0.3 is 10.6 Å². The quantitative estimate of drug-likeness (QED) is 0.825. The van der Waals surface area contributed by atoms with Crippen LogP contribution in [0.2, 0.25) is 0 Å². The summed E-state index contributed by atoms with van der Waals surface area (Å²) in [5, 5.41) is 0. The summed E-state index contributed by atoms with van der Waals surface area (Å²) in [6.45, 7) is 3.85. The van der Waals surface area contributed by atoms with Crippen molar-refractivity contribution in [2.75, 3.05) is 13.1 Å². The number of nitrogens with zero attached hydrogens (tertiary/aromatic N) is 1. The number of rotatable bonds is 2. The minimum atomic E-state index is -0.105. The molecular weight excluding hydrogens is 356 g/mol. The molecule has 148 valence electrons. The number of halogens is 1. The Labute approximate surface area is 169 Å². The SMILES string of the molecule is Cc1ccc(C23CC4CC(CC(C(=O)N5CCCC(N)C5)(C4)C2)C3)cc1.Cl. The van der Waals surface area contributed by atoms with Crippen LogP contribution in [0.25, 0.3) is 0 Å². The maximum atomic E-state index is 13.7. The van der Waals surface area contributed by atoms with Crippen molar-refractivity contribution in [3.05, 3.63) is 35.4 Å². The Hall–Kier alpha value is -1.06. The number of hydrogen-bond acceptors (Lipinski definition) is 2. The molecule has 27 heavy (non-hydrogen) atoms. The molecule has 3 nitrogen and oxygen atoms in total. The fraction of sp³-hybridized carbons (Fsp3) is 0.696. The predicted molar refractivity (Wildman–Crippen MR) is 111 cm³/mol. The van der Waals surface area contributed by atoms with E-state index in [1.807, 2.05) is 0 Å². The summed E-state index contributed by atoms with van der Waals surface area (Å²) >= 11 is 0. The predicted octanol–water partition coefficient (Wildman–Crippen LogP) is 4.20. The summed E-state index contributed by atoms with van der Waals surface area (Å²) < 4.78 is 0. The van der Waals surface area contributed by atoms with Gasteiger partial charge in [-0.2, -0.15) is 0 Å². The van der Waals surface area contributed by atoms with Crippen LogP contribution in [-0.4, -0.2) is 29.9 Å². The number of carbonyl (C=O) groups excluding carboxylic acids is 1. The first-order chi connectivity index (χ1) is 12.5. The van der Waals surface area contributed by atoms with Gasteiger partial charge in [0.25, 0.3) is 0 Å². The molecule has 1 heterocycles. The zero-order valence-corrected chi connectivity index (χ0v) is 17.3. The summed E-state index contributed by atoms with van der Waals surface area (Å²) in [5.41, 5.74) is 9.14. The average molecular weight is 389 g/mol. The fourth-order valence-electron chi connectivity index (χ4n) is 7.29. The molecule has 0 spiro atoms. The van der Waals surface area contributed by atoms with E-state index in [4.69, 9.17) is 5.73 Å². The molecule has 0 radical (unpaired) electrons. The van der Waals surface area contributed by atoms with Crippen molar-refractivity contribution in [3.63, 3.8) is 0 Å². The van der Waals surface area contributed by atoms with Gasteiger partial charge >= 0.3 is 0 Å². The summed E-state index contributed by atoms with van der Waals surface area (Å²) in [4.78, 5) is 15.8. The molecule has 3 unspecified atom stereocenters. The smallest absolute Gasteiger partial charge is 0.228 e. The van der Waals surface area contributed by atoms with Crippen LogP contribution in [0.4, 0.5) is 0 Å². The van der Waals surface area contributed by atoms with Crippen molar-refractivity contribution >= 4 is 18.3 Å². The summed E-state index contributed by atoms with van der Waals surface area (Å²) in [5.74, 6) is 1.91. The molecule has 3 atom stereocenters. The third kappa shape index (κ3) is 3.11. The maximum absolute atomic E-state index is 13.7. The Bertz CT molecular complexity index is 702. The van der Waals surface area contributed by atoms with Crippen LogP contribution in [0.3, 0.4) is 0 Å². The normalized spacial score (nSPS) is 39.9. The van der Waals surface area contributed by atoms with Gasteiger partial charge in [-0.25, -0.2) is 0 Å². The van der Waals surface area contributed by atoms with Gasteiger partial charge in [0.1, 0.15) is 0 Å². The van der Waals surface area contributed by atoms with Crippen LogP contribution in [0.15, 0.2) is 24.3 Å². The largest absolute Gasteiger partial charge is 0.341 e. The lowest BCUT2D eigenvalue weighted by atomic mass is 9.42. The van der Waals surface area contributed by atoms with Crippen LogP contribution < -0.4 is 5.73 Å². The highest BCUT2D eigenvalue weighted by Gasteiger charge is 2.61. The van der Waals surface area contributed by atoms with E-state index in [9.17, 15) is 4.79 Å². The molecule has 4 aliphatic carbocycles. The van der Waals surface area contributed by atoms with Crippen molar-refractivity contribution in [3.8, 4) is 0 Å². The number of hydrogen-bond donors (Lipinski definition) is 1. The lowest BCUT2D eigenvalue weighted by Gasteiger charge is -2.62. The van der Waals surface area contributed by atoms with Gasteiger partial charge in [-0.3, -0.25) is 4.79 Å². The van der Waals surface area contributed by atoms with Crippen molar-refractivity contribution in [2.24, 2.45) is 23.0 Å². The summed E-state index contributed by atoms with van der Waals surface area (Å²) in [7, 11) is 0. The van der Waals surface area contributed by atoms with Crippen LogP contribution >= 0.6 is 12.4 Å². The molecule has 1 aliphatic heterocycles. The number of benzene rings is 1.